The van der Waals surface area contributed by atoms with Gasteiger partial charge in [-0.15, -0.1) is 0 Å². The monoisotopic (exact) mass is 299 g/mol. The van der Waals surface area contributed by atoms with Gasteiger partial charge in [-0.2, -0.15) is 0 Å². The van der Waals surface area contributed by atoms with E-state index < -0.39 is 0 Å². The molecule has 1 aromatic carbocycles. The van der Waals surface area contributed by atoms with E-state index in [1.165, 1.54) is 6.07 Å². The van der Waals surface area contributed by atoms with Crippen LogP contribution in [0.3, 0.4) is 0 Å². The van der Waals surface area contributed by atoms with Gasteiger partial charge in [0.25, 0.3) is 0 Å². The summed E-state index contributed by atoms with van der Waals surface area (Å²) < 4.78 is 14.6. The predicted octanol–water partition coefficient (Wildman–Crippen LogP) is 4.04. The summed E-state index contributed by atoms with van der Waals surface area (Å²) in [6.45, 7) is 2.26. The standard InChI is InChI=1S/C14H19BrFN/c1-10-4-6-14(17,7-5-10)9-11-8-12(15)2-3-13(11)16/h2-3,8,10H,4-7,9,17H2,1H3. The molecule has 1 fully saturated rings. The SMILES string of the molecule is CC1CCC(N)(Cc2cc(Br)ccc2F)CC1. The van der Waals surface area contributed by atoms with Gasteiger partial charge in [0.1, 0.15) is 5.82 Å². The van der Waals surface area contributed by atoms with E-state index in [4.69, 9.17) is 5.73 Å². The number of rotatable bonds is 2. The Morgan fingerprint density at radius 3 is 2.71 bits per heavy atom. The second-order valence-electron chi connectivity index (χ2n) is 5.46. The molecule has 1 nitrogen and oxygen atoms in total. The molecule has 0 unspecified atom stereocenters. The Morgan fingerprint density at radius 2 is 2.06 bits per heavy atom. The second-order valence-corrected chi connectivity index (χ2v) is 6.37. The Hall–Kier alpha value is -0.410. The molecule has 0 aromatic heterocycles. The summed E-state index contributed by atoms with van der Waals surface area (Å²) in [6, 6.07) is 5.08. The van der Waals surface area contributed by atoms with Crippen molar-refractivity contribution in [2.24, 2.45) is 11.7 Å². The third kappa shape index (κ3) is 3.29. The van der Waals surface area contributed by atoms with Crippen LogP contribution in [0.25, 0.3) is 0 Å². The molecule has 0 saturated heterocycles. The number of benzene rings is 1. The van der Waals surface area contributed by atoms with Crippen molar-refractivity contribution in [3.05, 3.63) is 34.1 Å². The summed E-state index contributed by atoms with van der Waals surface area (Å²) in [5.74, 6) is 0.621. The lowest BCUT2D eigenvalue weighted by molar-refractivity contribution is 0.242. The lowest BCUT2D eigenvalue weighted by Gasteiger charge is -2.36. The zero-order chi connectivity index (χ0) is 12.5. The zero-order valence-electron chi connectivity index (χ0n) is 10.2. The molecular formula is C14H19BrFN. The Bertz CT molecular complexity index is 397. The van der Waals surface area contributed by atoms with Crippen LogP contribution in [0.4, 0.5) is 4.39 Å². The van der Waals surface area contributed by atoms with Crippen molar-refractivity contribution < 1.29 is 4.39 Å². The molecule has 17 heavy (non-hydrogen) atoms. The van der Waals surface area contributed by atoms with Gasteiger partial charge in [0.2, 0.25) is 0 Å². The molecule has 2 N–H and O–H groups in total. The minimum absolute atomic E-state index is 0.142. The van der Waals surface area contributed by atoms with Gasteiger partial charge in [-0.05, 0) is 61.8 Å². The normalized spacial score (nSPS) is 29.3. The Labute approximate surface area is 111 Å². The molecule has 1 saturated carbocycles. The second kappa shape index (κ2) is 5.07. The fraction of sp³-hybridized carbons (Fsp3) is 0.571. The highest BCUT2D eigenvalue weighted by Crippen LogP contribution is 2.33. The predicted molar refractivity (Wildman–Crippen MR) is 72.4 cm³/mol. The highest BCUT2D eigenvalue weighted by molar-refractivity contribution is 9.10. The molecule has 1 aliphatic rings. The number of nitrogens with two attached hydrogens (primary N) is 1. The van der Waals surface area contributed by atoms with E-state index in [0.717, 1.165) is 41.6 Å². The van der Waals surface area contributed by atoms with Gasteiger partial charge < -0.3 is 5.73 Å². The van der Waals surface area contributed by atoms with Gasteiger partial charge in [-0.1, -0.05) is 22.9 Å². The molecule has 0 radical (unpaired) electrons. The van der Waals surface area contributed by atoms with Crippen LogP contribution in [0.1, 0.15) is 38.2 Å². The van der Waals surface area contributed by atoms with E-state index in [2.05, 4.69) is 22.9 Å². The quantitative estimate of drug-likeness (QED) is 0.876. The van der Waals surface area contributed by atoms with E-state index in [1.54, 1.807) is 6.07 Å². The van der Waals surface area contributed by atoms with Crippen molar-refractivity contribution in [1.29, 1.82) is 0 Å². The molecule has 0 atom stereocenters. The molecule has 0 spiro atoms. The lowest BCUT2D eigenvalue weighted by Crippen LogP contribution is -2.45. The van der Waals surface area contributed by atoms with Gasteiger partial charge in [0, 0.05) is 10.0 Å². The minimum Gasteiger partial charge on any atom is -0.325 e. The van der Waals surface area contributed by atoms with Crippen molar-refractivity contribution >= 4 is 15.9 Å². The summed E-state index contributed by atoms with van der Waals surface area (Å²) in [5, 5.41) is 0. The molecule has 1 aliphatic carbocycles. The molecule has 1 aromatic rings. The molecule has 0 bridgehead atoms. The molecule has 0 amide bonds. The van der Waals surface area contributed by atoms with Crippen molar-refractivity contribution in [3.8, 4) is 0 Å². The summed E-state index contributed by atoms with van der Waals surface area (Å²) >= 11 is 3.38. The summed E-state index contributed by atoms with van der Waals surface area (Å²) in [6.07, 6.45) is 4.96. The summed E-state index contributed by atoms with van der Waals surface area (Å²) in [5.41, 5.74) is 6.91. The average Bonchev–Trinajstić information content (AvgIpc) is 2.28. The van der Waals surface area contributed by atoms with Gasteiger partial charge in [0.15, 0.2) is 0 Å². The van der Waals surface area contributed by atoms with E-state index in [0.29, 0.717) is 6.42 Å². The van der Waals surface area contributed by atoms with Crippen LogP contribution in [0.2, 0.25) is 0 Å². The molecule has 0 heterocycles. The van der Waals surface area contributed by atoms with Crippen molar-refractivity contribution in [2.45, 2.75) is 44.6 Å². The van der Waals surface area contributed by atoms with Crippen molar-refractivity contribution in [3.63, 3.8) is 0 Å². The average molecular weight is 300 g/mol. The fourth-order valence-electron chi connectivity index (χ4n) is 2.57. The van der Waals surface area contributed by atoms with E-state index in [1.807, 2.05) is 6.07 Å². The molecule has 3 heteroatoms. The Kier molecular flexibility index (Phi) is 3.88. The van der Waals surface area contributed by atoms with Crippen LogP contribution < -0.4 is 5.73 Å². The van der Waals surface area contributed by atoms with Crippen LogP contribution in [0, 0.1) is 11.7 Å². The maximum absolute atomic E-state index is 13.7. The van der Waals surface area contributed by atoms with Crippen LogP contribution in [-0.2, 0) is 6.42 Å². The Balaban J connectivity index is 2.12. The number of hydrogen-bond donors (Lipinski definition) is 1. The van der Waals surface area contributed by atoms with Gasteiger partial charge >= 0.3 is 0 Å². The number of halogens is 2. The lowest BCUT2D eigenvalue weighted by atomic mass is 9.74. The Morgan fingerprint density at radius 1 is 1.41 bits per heavy atom. The minimum atomic E-state index is -0.214. The first-order valence-corrected chi connectivity index (χ1v) is 7.01. The first-order valence-electron chi connectivity index (χ1n) is 6.21. The van der Waals surface area contributed by atoms with Crippen LogP contribution in [0.15, 0.2) is 22.7 Å². The molecule has 2 rings (SSSR count). The van der Waals surface area contributed by atoms with Gasteiger partial charge in [-0.25, -0.2) is 4.39 Å². The fourth-order valence-corrected chi connectivity index (χ4v) is 2.98. The van der Waals surface area contributed by atoms with Crippen molar-refractivity contribution in [1.82, 2.24) is 0 Å². The summed E-state index contributed by atoms with van der Waals surface area (Å²) in [7, 11) is 0. The molecule has 94 valence electrons. The smallest absolute Gasteiger partial charge is 0.126 e. The maximum atomic E-state index is 13.7. The largest absolute Gasteiger partial charge is 0.325 e. The third-order valence-corrected chi connectivity index (χ3v) is 4.31. The maximum Gasteiger partial charge on any atom is 0.126 e. The van der Waals surface area contributed by atoms with Gasteiger partial charge in [-0.3, -0.25) is 0 Å². The topological polar surface area (TPSA) is 26.0 Å². The molecule has 0 aliphatic heterocycles. The number of hydrogen-bond acceptors (Lipinski definition) is 1. The summed E-state index contributed by atoms with van der Waals surface area (Å²) in [4.78, 5) is 0. The molecular weight excluding hydrogens is 281 g/mol. The zero-order valence-corrected chi connectivity index (χ0v) is 11.8. The van der Waals surface area contributed by atoms with Gasteiger partial charge in [0.05, 0.1) is 0 Å². The first kappa shape index (κ1) is 13.0. The van der Waals surface area contributed by atoms with Crippen LogP contribution >= 0.6 is 15.9 Å². The third-order valence-electron chi connectivity index (χ3n) is 3.82. The highest BCUT2D eigenvalue weighted by atomic mass is 79.9. The van der Waals surface area contributed by atoms with E-state index in [9.17, 15) is 4.39 Å². The van der Waals surface area contributed by atoms with E-state index in [-0.39, 0.29) is 11.4 Å². The van der Waals surface area contributed by atoms with Crippen LogP contribution in [-0.4, -0.2) is 5.54 Å². The van der Waals surface area contributed by atoms with E-state index >= 15 is 0 Å². The van der Waals surface area contributed by atoms with Crippen LogP contribution in [0.5, 0.6) is 0 Å². The first-order chi connectivity index (χ1) is 7.98. The van der Waals surface area contributed by atoms with Crippen molar-refractivity contribution in [2.75, 3.05) is 0 Å². The highest BCUT2D eigenvalue weighted by Gasteiger charge is 2.31.